The highest BCUT2D eigenvalue weighted by Gasteiger charge is 2.31. The van der Waals surface area contributed by atoms with Crippen molar-refractivity contribution in [3.63, 3.8) is 0 Å². The van der Waals surface area contributed by atoms with Gasteiger partial charge in [0.15, 0.2) is 0 Å². The predicted molar refractivity (Wildman–Crippen MR) is 90.4 cm³/mol. The first-order valence-electron chi connectivity index (χ1n) is 7.05. The summed E-state index contributed by atoms with van der Waals surface area (Å²) in [5.41, 5.74) is 0.880. The highest BCUT2D eigenvalue weighted by atomic mass is 35.5. The van der Waals surface area contributed by atoms with Crippen LogP contribution in [0.4, 0.5) is 11.4 Å². The van der Waals surface area contributed by atoms with Crippen molar-refractivity contribution in [1.29, 1.82) is 0 Å². The van der Waals surface area contributed by atoms with Gasteiger partial charge in [0, 0.05) is 18.5 Å². The van der Waals surface area contributed by atoms with Gasteiger partial charge in [0.2, 0.25) is 11.8 Å². The maximum absolute atomic E-state index is 12.1. The molecule has 0 saturated carbocycles. The van der Waals surface area contributed by atoms with Crippen LogP contribution in [0.3, 0.4) is 0 Å². The normalized spacial score (nSPS) is 14.2. The number of benzene rings is 1. The minimum Gasteiger partial charge on any atom is -0.321 e. The van der Waals surface area contributed by atoms with Gasteiger partial charge in [0.25, 0.3) is 5.91 Å². The molecule has 1 N–H and O–H groups in total. The number of carbonyl (C=O) groups excluding carboxylic acids is 3. The smallest absolute Gasteiger partial charge is 0.274 e. The Morgan fingerprint density at radius 3 is 2.42 bits per heavy atom. The fraction of sp³-hybridized carbons (Fsp3) is 0.125. The first kappa shape index (κ1) is 16.4. The molecule has 1 aliphatic rings. The van der Waals surface area contributed by atoms with E-state index in [0.29, 0.717) is 11.4 Å². The molecule has 0 spiro atoms. The van der Waals surface area contributed by atoms with Crippen molar-refractivity contribution in [2.75, 3.05) is 10.2 Å². The lowest BCUT2D eigenvalue weighted by atomic mass is 10.2. The maximum Gasteiger partial charge on any atom is 0.274 e. The van der Waals surface area contributed by atoms with Gasteiger partial charge in [0.1, 0.15) is 10.8 Å². The number of rotatable bonds is 3. The van der Waals surface area contributed by atoms with E-state index in [1.165, 1.54) is 18.2 Å². The van der Waals surface area contributed by atoms with Crippen LogP contribution < -0.4 is 10.2 Å². The van der Waals surface area contributed by atoms with E-state index >= 15 is 0 Å². The third-order valence-corrected chi connectivity index (χ3v) is 3.96. The van der Waals surface area contributed by atoms with E-state index in [2.05, 4.69) is 10.3 Å². The number of halogens is 2. The topological polar surface area (TPSA) is 79.4 Å². The number of nitrogens with zero attached hydrogens (tertiary/aromatic N) is 2. The highest BCUT2D eigenvalue weighted by Crippen LogP contribution is 2.32. The zero-order valence-electron chi connectivity index (χ0n) is 12.3. The molecule has 8 heteroatoms. The monoisotopic (exact) mass is 363 g/mol. The Bertz CT molecular complexity index is 838. The van der Waals surface area contributed by atoms with Crippen LogP contribution in [0.1, 0.15) is 23.3 Å². The number of aromatic nitrogens is 1. The molecule has 2 heterocycles. The van der Waals surface area contributed by atoms with Crippen LogP contribution in [-0.4, -0.2) is 22.7 Å². The number of pyridine rings is 1. The Hall–Kier alpha value is -2.44. The summed E-state index contributed by atoms with van der Waals surface area (Å²) in [7, 11) is 0. The van der Waals surface area contributed by atoms with Gasteiger partial charge in [-0.2, -0.15) is 0 Å². The second-order valence-electron chi connectivity index (χ2n) is 5.09. The lowest BCUT2D eigenvalue weighted by molar-refractivity contribution is -0.121. The van der Waals surface area contributed by atoms with E-state index in [-0.39, 0.29) is 40.5 Å². The van der Waals surface area contributed by atoms with E-state index < -0.39 is 5.91 Å². The summed E-state index contributed by atoms with van der Waals surface area (Å²) in [4.78, 5) is 40.7. The van der Waals surface area contributed by atoms with Gasteiger partial charge in [-0.25, -0.2) is 9.88 Å². The molecule has 3 rings (SSSR count). The molecule has 3 amide bonds. The third-order valence-electron chi connectivity index (χ3n) is 3.45. The summed E-state index contributed by atoms with van der Waals surface area (Å²) in [6, 6.07) is 9.25. The summed E-state index contributed by atoms with van der Waals surface area (Å²) < 4.78 is 0. The molecular weight excluding hydrogens is 353 g/mol. The molecule has 1 aromatic heterocycles. The number of amides is 3. The molecule has 0 atom stereocenters. The number of hydrogen-bond acceptors (Lipinski definition) is 4. The summed E-state index contributed by atoms with van der Waals surface area (Å²) >= 11 is 11.9. The third kappa shape index (κ3) is 3.25. The molecule has 0 radical (unpaired) electrons. The zero-order chi connectivity index (χ0) is 17.3. The van der Waals surface area contributed by atoms with E-state index in [1.807, 2.05) is 0 Å². The van der Waals surface area contributed by atoms with Gasteiger partial charge in [-0.1, -0.05) is 29.3 Å². The zero-order valence-corrected chi connectivity index (χ0v) is 13.8. The fourth-order valence-corrected chi connectivity index (χ4v) is 2.77. The standard InChI is InChI=1S/C16H11Cl2N3O3/c17-10-8-9(19-16(24)11-2-1-3-13(18)20-11)4-5-12(10)21-14(22)6-7-15(21)23/h1-5,8H,6-7H2,(H,19,24). The maximum atomic E-state index is 12.1. The number of anilines is 2. The largest absolute Gasteiger partial charge is 0.321 e. The van der Waals surface area contributed by atoms with Crippen LogP contribution in [0.25, 0.3) is 0 Å². The van der Waals surface area contributed by atoms with Crippen molar-refractivity contribution in [1.82, 2.24) is 4.98 Å². The summed E-state index contributed by atoms with van der Waals surface area (Å²) in [5.74, 6) is -1.03. The number of imide groups is 1. The van der Waals surface area contributed by atoms with Gasteiger partial charge in [-0.05, 0) is 30.3 Å². The van der Waals surface area contributed by atoms with Crippen molar-refractivity contribution >= 4 is 52.3 Å². The molecule has 24 heavy (non-hydrogen) atoms. The number of carbonyl (C=O) groups is 3. The van der Waals surface area contributed by atoms with E-state index in [0.717, 1.165) is 4.90 Å². The molecule has 0 aliphatic carbocycles. The van der Waals surface area contributed by atoms with Crippen LogP contribution in [-0.2, 0) is 9.59 Å². The van der Waals surface area contributed by atoms with E-state index in [1.54, 1.807) is 18.2 Å². The predicted octanol–water partition coefficient (Wildman–Crippen LogP) is 3.29. The molecule has 1 fully saturated rings. The highest BCUT2D eigenvalue weighted by molar-refractivity contribution is 6.36. The van der Waals surface area contributed by atoms with Crippen LogP contribution in [0.5, 0.6) is 0 Å². The van der Waals surface area contributed by atoms with E-state index in [4.69, 9.17) is 23.2 Å². The van der Waals surface area contributed by atoms with Crippen LogP contribution in [0.15, 0.2) is 36.4 Å². The lowest BCUT2D eigenvalue weighted by Crippen LogP contribution is -2.28. The van der Waals surface area contributed by atoms with Crippen molar-refractivity contribution in [3.05, 3.63) is 52.3 Å². The number of nitrogens with one attached hydrogen (secondary N) is 1. The quantitative estimate of drug-likeness (QED) is 0.670. The summed E-state index contributed by atoms with van der Waals surface area (Å²) in [6.07, 6.45) is 0.349. The molecule has 1 aliphatic heterocycles. The Morgan fingerprint density at radius 2 is 1.79 bits per heavy atom. The molecule has 1 saturated heterocycles. The number of hydrogen-bond donors (Lipinski definition) is 1. The Balaban J connectivity index is 1.81. The van der Waals surface area contributed by atoms with Crippen molar-refractivity contribution < 1.29 is 14.4 Å². The van der Waals surface area contributed by atoms with Crippen LogP contribution >= 0.6 is 23.2 Å². The first-order chi connectivity index (χ1) is 11.5. The molecule has 6 nitrogen and oxygen atoms in total. The van der Waals surface area contributed by atoms with Crippen molar-refractivity contribution in [2.45, 2.75) is 12.8 Å². The molecule has 0 unspecified atom stereocenters. The van der Waals surface area contributed by atoms with Gasteiger partial charge in [-0.15, -0.1) is 0 Å². The first-order valence-corrected chi connectivity index (χ1v) is 7.80. The Kier molecular flexibility index (Phi) is 4.51. The Labute approximate surface area is 147 Å². The lowest BCUT2D eigenvalue weighted by Gasteiger charge is -2.16. The Morgan fingerprint density at radius 1 is 1.08 bits per heavy atom. The summed E-state index contributed by atoms with van der Waals surface area (Å²) in [5, 5.41) is 3.03. The molecular formula is C16H11Cl2N3O3. The molecule has 122 valence electrons. The second kappa shape index (κ2) is 6.59. The van der Waals surface area contributed by atoms with Gasteiger partial charge < -0.3 is 5.32 Å². The minimum atomic E-state index is -0.449. The van der Waals surface area contributed by atoms with Gasteiger partial charge >= 0.3 is 0 Å². The van der Waals surface area contributed by atoms with Crippen molar-refractivity contribution in [2.24, 2.45) is 0 Å². The second-order valence-corrected chi connectivity index (χ2v) is 5.88. The van der Waals surface area contributed by atoms with Gasteiger partial charge in [0.05, 0.1) is 10.7 Å². The SMILES string of the molecule is O=C(Nc1ccc(N2C(=O)CCC2=O)c(Cl)c1)c1cccc(Cl)n1. The van der Waals surface area contributed by atoms with Crippen molar-refractivity contribution in [3.8, 4) is 0 Å². The fourth-order valence-electron chi connectivity index (χ4n) is 2.34. The molecule has 2 aromatic rings. The van der Waals surface area contributed by atoms with Crippen LogP contribution in [0, 0.1) is 0 Å². The molecule has 0 bridgehead atoms. The van der Waals surface area contributed by atoms with E-state index in [9.17, 15) is 14.4 Å². The average Bonchev–Trinajstić information content (AvgIpc) is 2.87. The summed E-state index contributed by atoms with van der Waals surface area (Å²) in [6.45, 7) is 0. The van der Waals surface area contributed by atoms with Gasteiger partial charge in [-0.3, -0.25) is 14.4 Å². The molecule has 1 aromatic carbocycles. The minimum absolute atomic E-state index is 0.160. The van der Waals surface area contributed by atoms with Crippen LogP contribution in [0.2, 0.25) is 10.2 Å². The average molecular weight is 364 g/mol.